The van der Waals surface area contributed by atoms with Crippen LogP contribution in [0.15, 0.2) is 0 Å². The number of esters is 1. The van der Waals surface area contributed by atoms with E-state index in [2.05, 4.69) is 10.1 Å². The van der Waals surface area contributed by atoms with Crippen LogP contribution in [-0.4, -0.2) is 26.2 Å². The lowest BCUT2D eigenvalue weighted by atomic mass is 10.0. The van der Waals surface area contributed by atoms with E-state index in [1.165, 1.54) is 7.11 Å². The Morgan fingerprint density at radius 1 is 1.70 bits per heavy atom. The summed E-state index contributed by atoms with van der Waals surface area (Å²) in [5.74, 6) is 0.106. The van der Waals surface area contributed by atoms with Crippen LogP contribution in [0.2, 0.25) is 0 Å². The molecule has 1 aliphatic heterocycles. The quantitative estimate of drug-likeness (QED) is 0.486. The average Bonchev–Trinajstić information content (AvgIpc) is 2.05. The first kappa shape index (κ1) is 7.54. The minimum Gasteiger partial charge on any atom is -0.469 e. The highest BCUT2D eigenvalue weighted by molar-refractivity contribution is 5.72. The monoisotopic (exact) mass is 144 g/mol. The van der Waals surface area contributed by atoms with E-state index in [1.807, 2.05) is 0 Å². The summed E-state index contributed by atoms with van der Waals surface area (Å²) in [5, 5.41) is 2.17. The van der Waals surface area contributed by atoms with Gasteiger partial charge in [0.2, 0.25) is 0 Å². The maximum Gasteiger partial charge on any atom is 0.314 e. The fourth-order valence-corrected chi connectivity index (χ4v) is 1.33. The first-order valence-electron chi connectivity index (χ1n) is 3.74. The molecule has 0 aromatic carbocycles. The van der Waals surface area contributed by atoms with Gasteiger partial charge in [-0.05, 0) is 12.8 Å². The third-order valence-corrected chi connectivity index (χ3v) is 1.95. The molecule has 3 heteroatoms. The number of carbonyl (C=O) groups excluding carboxylic acids is 1. The molecule has 1 atom stereocenters. The maximum atomic E-state index is 10.9. The molecule has 0 aromatic heterocycles. The standard InChI is InChI=1S/C7H13NO2/c1-10-7(9)6-3-2-4-8-5-6/h6,8H,2-5H2,1H3/p+1/t6-/m1/s1. The smallest absolute Gasteiger partial charge is 0.314 e. The summed E-state index contributed by atoms with van der Waals surface area (Å²) in [6.07, 6.45) is 2.14. The van der Waals surface area contributed by atoms with Gasteiger partial charge in [-0.25, -0.2) is 0 Å². The number of quaternary nitrogens is 1. The first-order chi connectivity index (χ1) is 4.84. The summed E-state index contributed by atoms with van der Waals surface area (Å²) < 4.78 is 4.63. The number of carbonyl (C=O) groups is 1. The van der Waals surface area contributed by atoms with E-state index < -0.39 is 0 Å². The maximum absolute atomic E-state index is 10.9. The topological polar surface area (TPSA) is 42.9 Å². The van der Waals surface area contributed by atoms with Gasteiger partial charge >= 0.3 is 5.97 Å². The molecule has 1 aliphatic rings. The van der Waals surface area contributed by atoms with Gasteiger partial charge in [0.25, 0.3) is 0 Å². The van der Waals surface area contributed by atoms with Gasteiger partial charge in [0, 0.05) is 0 Å². The number of nitrogens with two attached hydrogens (primary N) is 1. The molecule has 0 aliphatic carbocycles. The van der Waals surface area contributed by atoms with E-state index in [9.17, 15) is 4.79 Å². The first-order valence-corrected chi connectivity index (χ1v) is 3.74. The van der Waals surface area contributed by atoms with Gasteiger partial charge in [0.05, 0.1) is 20.2 Å². The van der Waals surface area contributed by atoms with Crippen molar-refractivity contribution in [3.8, 4) is 0 Å². The molecule has 0 bridgehead atoms. The summed E-state index contributed by atoms with van der Waals surface area (Å²) in [7, 11) is 1.46. The molecule has 10 heavy (non-hydrogen) atoms. The number of rotatable bonds is 1. The van der Waals surface area contributed by atoms with Gasteiger partial charge in [-0.2, -0.15) is 0 Å². The Bertz CT molecular complexity index is 119. The molecule has 0 spiro atoms. The SMILES string of the molecule is COC(=O)[C@@H]1CCC[NH2+]C1. The van der Waals surface area contributed by atoms with E-state index >= 15 is 0 Å². The second-order valence-corrected chi connectivity index (χ2v) is 2.68. The highest BCUT2D eigenvalue weighted by Gasteiger charge is 2.23. The van der Waals surface area contributed by atoms with E-state index in [0.29, 0.717) is 0 Å². The third kappa shape index (κ3) is 1.70. The largest absolute Gasteiger partial charge is 0.469 e. The van der Waals surface area contributed by atoms with Crippen molar-refractivity contribution in [2.45, 2.75) is 12.8 Å². The van der Waals surface area contributed by atoms with Crippen molar-refractivity contribution in [3.63, 3.8) is 0 Å². The number of hydrogen-bond acceptors (Lipinski definition) is 2. The van der Waals surface area contributed by atoms with Gasteiger partial charge in [-0.1, -0.05) is 0 Å². The lowest BCUT2D eigenvalue weighted by molar-refractivity contribution is -0.666. The summed E-state index contributed by atoms with van der Waals surface area (Å²) in [6, 6.07) is 0. The highest BCUT2D eigenvalue weighted by atomic mass is 16.5. The predicted molar refractivity (Wildman–Crippen MR) is 36.4 cm³/mol. The van der Waals surface area contributed by atoms with Crippen LogP contribution in [-0.2, 0) is 9.53 Å². The Kier molecular flexibility index (Phi) is 2.68. The fraction of sp³-hybridized carbons (Fsp3) is 0.857. The Morgan fingerprint density at radius 3 is 3.00 bits per heavy atom. The van der Waals surface area contributed by atoms with Crippen LogP contribution in [0.1, 0.15) is 12.8 Å². The van der Waals surface area contributed by atoms with Gasteiger partial charge in [0.1, 0.15) is 5.92 Å². The zero-order chi connectivity index (χ0) is 7.40. The van der Waals surface area contributed by atoms with Crippen molar-refractivity contribution in [2.24, 2.45) is 5.92 Å². The molecule has 1 fully saturated rings. The second-order valence-electron chi connectivity index (χ2n) is 2.68. The highest BCUT2D eigenvalue weighted by Crippen LogP contribution is 2.07. The average molecular weight is 144 g/mol. The van der Waals surface area contributed by atoms with Crippen molar-refractivity contribution < 1.29 is 14.8 Å². The molecule has 0 radical (unpaired) electrons. The van der Waals surface area contributed by atoms with Crippen LogP contribution >= 0.6 is 0 Å². The number of ether oxygens (including phenoxy) is 1. The summed E-state index contributed by atoms with van der Waals surface area (Å²) in [4.78, 5) is 10.9. The van der Waals surface area contributed by atoms with E-state index in [0.717, 1.165) is 25.9 Å². The molecule has 0 saturated carbocycles. The van der Waals surface area contributed by atoms with Crippen LogP contribution in [0.4, 0.5) is 0 Å². The molecule has 0 amide bonds. The predicted octanol–water partition coefficient (Wildman–Crippen LogP) is -0.867. The van der Waals surface area contributed by atoms with Crippen molar-refractivity contribution in [2.75, 3.05) is 20.2 Å². The lowest BCUT2D eigenvalue weighted by Crippen LogP contribution is -2.87. The summed E-state index contributed by atoms with van der Waals surface area (Å²) >= 11 is 0. The van der Waals surface area contributed by atoms with Gasteiger partial charge in [0.15, 0.2) is 0 Å². The van der Waals surface area contributed by atoms with Crippen LogP contribution in [0.3, 0.4) is 0 Å². The molecular weight excluding hydrogens is 130 g/mol. The number of hydrogen-bond donors (Lipinski definition) is 1. The Labute approximate surface area is 60.7 Å². The van der Waals surface area contributed by atoms with Crippen molar-refractivity contribution in [3.05, 3.63) is 0 Å². The van der Waals surface area contributed by atoms with Crippen LogP contribution in [0, 0.1) is 5.92 Å². The van der Waals surface area contributed by atoms with Gasteiger partial charge < -0.3 is 10.1 Å². The normalized spacial score (nSPS) is 25.9. The molecule has 1 rings (SSSR count). The number of piperidine rings is 1. The lowest BCUT2D eigenvalue weighted by Gasteiger charge is -2.17. The van der Waals surface area contributed by atoms with E-state index in [-0.39, 0.29) is 11.9 Å². The van der Waals surface area contributed by atoms with Crippen molar-refractivity contribution in [1.82, 2.24) is 0 Å². The minimum atomic E-state index is -0.0454. The fourth-order valence-electron chi connectivity index (χ4n) is 1.33. The molecule has 0 unspecified atom stereocenters. The summed E-state index contributed by atoms with van der Waals surface area (Å²) in [6.45, 7) is 2.07. The Morgan fingerprint density at radius 2 is 2.50 bits per heavy atom. The number of methoxy groups -OCH3 is 1. The van der Waals surface area contributed by atoms with E-state index in [1.54, 1.807) is 0 Å². The zero-order valence-electron chi connectivity index (χ0n) is 6.30. The summed E-state index contributed by atoms with van der Waals surface area (Å²) in [5.41, 5.74) is 0. The Hall–Kier alpha value is -0.570. The molecule has 1 heterocycles. The van der Waals surface area contributed by atoms with E-state index in [4.69, 9.17) is 0 Å². The molecule has 1 saturated heterocycles. The van der Waals surface area contributed by atoms with Crippen LogP contribution in [0.25, 0.3) is 0 Å². The van der Waals surface area contributed by atoms with Crippen molar-refractivity contribution in [1.29, 1.82) is 0 Å². The van der Waals surface area contributed by atoms with Gasteiger partial charge in [-0.3, -0.25) is 4.79 Å². The molecule has 3 nitrogen and oxygen atoms in total. The molecule has 58 valence electrons. The zero-order valence-corrected chi connectivity index (χ0v) is 6.30. The molecule has 0 aromatic rings. The second kappa shape index (κ2) is 3.56. The van der Waals surface area contributed by atoms with Crippen LogP contribution < -0.4 is 5.32 Å². The molecule has 2 N–H and O–H groups in total. The minimum absolute atomic E-state index is 0.0454. The van der Waals surface area contributed by atoms with Crippen LogP contribution in [0.5, 0.6) is 0 Å². The van der Waals surface area contributed by atoms with Crippen molar-refractivity contribution >= 4 is 5.97 Å². The third-order valence-electron chi connectivity index (χ3n) is 1.95. The Balaban J connectivity index is 2.31. The van der Waals surface area contributed by atoms with Gasteiger partial charge in [-0.15, -0.1) is 0 Å². The molecular formula is C7H14NO2+.